The number of rotatable bonds is 5. The third-order valence-electron chi connectivity index (χ3n) is 4.70. The van der Waals surface area contributed by atoms with E-state index in [1.54, 1.807) is 37.3 Å². The molecular formula is C24H20N2O4. The van der Waals surface area contributed by atoms with Crippen molar-refractivity contribution in [3.8, 4) is 5.75 Å². The lowest BCUT2D eigenvalue weighted by molar-refractivity contribution is 0.0831. The number of amides is 2. The largest absolute Gasteiger partial charge is 0.489 e. The first-order chi connectivity index (χ1) is 14.6. The van der Waals surface area contributed by atoms with E-state index in [4.69, 9.17) is 9.15 Å². The van der Waals surface area contributed by atoms with E-state index < -0.39 is 11.8 Å². The van der Waals surface area contributed by atoms with Crippen molar-refractivity contribution in [3.63, 3.8) is 0 Å². The fourth-order valence-electron chi connectivity index (χ4n) is 3.08. The number of carbonyl (C=O) groups is 2. The number of fused-ring (bicyclic) bond motifs is 1. The van der Waals surface area contributed by atoms with Crippen LogP contribution in [0.25, 0.3) is 11.0 Å². The highest BCUT2D eigenvalue weighted by atomic mass is 16.5. The molecule has 0 aliphatic heterocycles. The maximum Gasteiger partial charge on any atom is 0.305 e. The Balaban J connectivity index is 1.34. The number of hydrogen-bond donors (Lipinski definition) is 2. The van der Waals surface area contributed by atoms with Crippen LogP contribution >= 0.6 is 0 Å². The van der Waals surface area contributed by atoms with Crippen LogP contribution in [0.3, 0.4) is 0 Å². The maximum absolute atomic E-state index is 12.4. The molecule has 0 fully saturated rings. The van der Waals surface area contributed by atoms with E-state index in [1.807, 2.05) is 48.5 Å². The Morgan fingerprint density at radius 1 is 0.833 bits per heavy atom. The molecule has 4 rings (SSSR count). The first kappa shape index (κ1) is 19.3. The molecule has 2 N–H and O–H groups in total. The smallest absolute Gasteiger partial charge is 0.305 e. The Hall–Kier alpha value is -4.06. The summed E-state index contributed by atoms with van der Waals surface area (Å²) in [6, 6.07) is 23.9. The predicted octanol–water partition coefficient (Wildman–Crippen LogP) is 4.40. The van der Waals surface area contributed by atoms with Crippen molar-refractivity contribution in [2.45, 2.75) is 13.5 Å². The van der Waals surface area contributed by atoms with Gasteiger partial charge >= 0.3 is 5.91 Å². The van der Waals surface area contributed by atoms with Gasteiger partial charge in [-0.15, -0.1) is 0 Å². The van der Waals surface area contributed by atoms with Gasteiger partial charge in [-0.2, -0.15) is 0 Å². The molecule has 3 aromatic carbocycles. The Morgan fingerprint density at radius 2 is 1.50 bits per heavy atom. The molecule has 30 heavy (non-hydrogen) atoms. The van der Waals surface area contributed by atoms with Crippen molar-refractivity contribution >= 4 is 22.8 Å². The third-order valence-corrected chi connectivity index (χ3v) is 4.70. The van der Waals surface area contributed by atoms with Crippen LogP contribution in [0.5, 0.6) is 5.75 Å². The minimum absolute atomic E-state index is 0.168. The number of ether oxygens (including phenoxy) is 1. The molecule has 1 heterocycles. The summed E-state index contributed by atoms with van der Waals surface area (Å²) in [5.74, 6) is -0.134. The molecule has 0 aliphatic rings. The Bertz CT molecular complexity index is 1180. The normalized spacial score (nSPS) is 10.6. The van der Waals surface area contributed by atoms with Crippen LogP contribution in [0.2, 0.25) is 0 Å². The van der Waals surface area contributed by atoms with Gasteiger partial charge < -0.3 is 9.15 Å². The first-order valence-electron chi connectivity index (χ1n) is 9.47. The van der Waals surface area contributed by atoms with Gasteiger partial charge in [0.05, 0.1) is 0 Å². The Morgan fingerprint density at radius 3 is 2.23 bits per heavy atom. The zero-order chi connectivity index (χ0) is 20.9. The summed E-state index contributed by atoms with van der Waals surface area (Å²) in [6.07, 6.45) is 0. The Labute approximate surface area is 173 Å². The highest BCUT2D eigenvalue weighted by Crippen LogP contribution is 2.24. The fraction of sp³-hybridized carbons (Fsp3) is 0.0833. The van der Waals surface area contributed by atoms with Crippen molar-refractivity contribution in [1.82, 2.24) is 10.9 Å². The van der Waals surface area contributed by atoms with Crippen LogP contribution in [0.1, 0.15) is 32.0 Å². The zero-order valence-corrected chi connectivity index (χ0v) is 16.3. The van der Waals surface area contributed by atoms with Crippen molar-refractivity contribution in [2.75, 3.05) is 0 Å². The van der Waals surface area contributed by atoms with Crippen molar-refractivity contribution in [2.24, 2.45) is 0 Å². The second-order valence-corrected chi connectivity index (χ2v) is 6.76. The van der Waals surface area contributed by atoms with Gasteiger partial charge in [0.1, 0.15) is 17.9 Å². The molecular weight excluding hydrogens is 380 g/mol. The maximum atomic E-state index is 12.4. The van der Waals surface area contributed by atoms with Gasteiger partial charge in [0, 0.05) is 16.5 Å². The standard InChI is InChI=1S/C24H20N2O4/c1-16-20-9-5-6-10-21(20)30-22(16)24(28)26-25-23(27)18-11-13-19(14-12-18)29-15-17-7-3-2-4-8-17/h2-14H,15H2,1H3,(H,25,27)(H,26,28). The number of benzene rings is 3. The van der Waals surface area contributed by atoms with Crippen LogP contribution in [0, 0.1) is 6.92 Å². The molecule has 2 amide bonds. The average molecular weight is 400 g/mol. The summed E-state index contributed by atoms with van der Waals surface area (Å²) < 4.78 is 11.3. The number of aryl methyl sites for hydroxylation is 1. The van der Waals surface area contributed by atoms with E-state index in [0.717, 1.165) is 16.5 Å². The van der Waals surface area contributed by atoms with Crippen LogP contribution in [0.15, 0.2) is 83.3 Å². The van der Waals surface area contributed by atoms with E-state index in [9.17, 15) is 9.59 Å². The molecule has 0 spiro atoms. The minimum atomic E-state index is -0.514. The molecule has 6 nitrogen and oxygen atoms in total. The molecule has 0 radical (unpaired) electrons. The van der Waals surface area contributed by atoms with Gasteiger partial charge in [-0.05, 0) is 42.8 Å². The SMILES string of the molecule is Cc1c(C(=O)NNC(=O)c2ccc(OCc3ccccc3)cc2)oc2ccccc12. The van der Waals surface area contributed by atoms with E-state index >= 15 is 0 Å². The second-order valence-electron chi connectivity index (χ2n) is 6.76. The molecule has 0 saturated heterocycles. The summed E-state index contributed by atoms with van der Waals surface area (Å²) >= 11 is 0. The summed E-state index contributed by atoms with van der Waals surface area (Å²) in [5.41, 5.74) is 7.60. The number of nitrogens with one attached hydrogen (secondary N) is 2. The van der Waals surface area contributed by atoms with Crippen molar-refractivity contribution in [3.05, 3.63) is 101 Å². The third kappa shape index (κ3) is 4.17. The average Bonchev–Trinajstić information content (AvgIpc) is 3.13. The molecule has 0 aliphatic carbocycles. The minimum Gasteiger partial charge on any atom is -0.489 e. The monoisotopic (exact) mass is 400 g/mol. The van der Waals surface area contributed by atoms with Crippen molar-refractivity contribution in [1.29, 1.82) is 0 Å². The number of para-hydroxylation sites is 1. The summed E-state index contributed by atoms with van der Waals surface area (Å²) in [6.45, 7) is 2.25. The Kier molecular flexibility index (Phi) is 5.48. The molecule has 4 aromatic rings. The van der Waals surface area contributed by atoms with Gasteiger partial charge in [0.15, 0.2) is 5.76 Å². The molecule has 150 valence electrons. The van der Waals surface area contributed by atoms with Crippen LogP contribution < -0.4 is 15.6 Å². The lowest BCUT2D eigenvalue weighted by atomic mass is 10.1. The van der Waals surface area contributed by atoms with Crippen molar-refractivity contribution < 1.29 is 18.7 Å². The summed E-state index contributed by atoms with van der Waals surface area (Å²) in [4.78, 5) is 24.7. The predicted molar refractivity (Wildman–Crippen MR) is 113 cm³/mol. The zero-order valence-electron chi connectivity index (χ0n) is 16.3. The number of carbonyl (C=O) groups excluding carboxylic acids is 2. The first-order valence-corrected chi connectivity index (χ1v) is 9.47. The van der Waals surface area contributed by atoms with Gasteiger partial charge in [-0.25, -0.2) is 0 Å². The van der Waals surface area contributed by atoms with Gasteiger partial charge in [-0.1, -0.05) is 48.5 Å². The number of furan rings is 1. The molecule has 0 unspecified atom stereocenters. The summed E-state index contributed by atoms with van der Waals surface area (Å²) in [5, 5.41) is 0.861. The van der Waals surface area contributed by atoms with Gasteiger partial charge in [-0.3, -0.25) is 20.4 Å². The van der Waals surface area contributed by atoms with E-state index in [2.05, 4.69) is 10.9 Å². The molecule has 0 bridgehead atoms. The lowest BCUT2D eigenvalue weighted by Crippen LogP contribution is -2.41. The summed E-state index contributed by atoms with van der Waals surface area (Å²) in [7, 11) is 0. The molecule has 0 saturated carbocycles. The molecule has 6 heteroatoms. The van der Waals surface area contributed by atoms with Crippen LogP contribution in [-0.2, 0) is 6.61 Å². The van der Waals surface area contributed by atoms with Gasteiger partial charge in [0.2, 0.25) is 0 Å². The van der Waals surface area contributed by atoms with E-state index in [-0.39, 0.29) is 5.76 Å². The highest BCUT2D eigenvalue weighted by Gasteiger charge is 2.18. The second kappa shape index (κ2) is 8.53. The quantitative estimate of drug-likeness (QED) is 0.487. The van der Waals surface area contributed by atoms with E-state index in [1.165, 1.54) is 0 Å². The highest BCUT2D eigenvalue weighted by molar-refractivity contribution is 6.01. The van der Waals surface area contributed by atoms with Crippen LogP contribution in [-0.4, -0.2) is 11.8 Å². The topological polar surface area (TPSA) is 80.6 Å². The molecule has 0 atom stereocenters. The fourth-order valence-corrected chi connectivity index (χ4v) is 3.08. The number of hydrogen-bond acceptors (Lipinski definition) is 4. The van der Waals surface area contributed by atoms with E-state index in [0.29, 0.717) is 23.5 Å². The van der Waals surface area contributed by atoms with Crippen LogP contribution in [0.4, 0.5) is 0 Å². The van der Waals surface area contributed by atoms with Gasteiger partial charge in [0.25, 0.3) is 5.91 Å². The molecule has 1 aromatic heterocycles. The number of hydrazine groups is 1. The lowest BCUT2D eigenvalue weighted by Gasteiger charge is -2.09.